The molecule has 198 valence electrons. The lowest BCUT2D eigenvalue weighted by molar-refractivity contribution is -0.356. The van der Waals surface area contributed by atoms with Crippen LogP contribution in [0.25, 0.3) is 0 Å². The SMILES string of the molecule is C=C[C@@]1(C)C[C@@H](OC(C)=O)[C@H]2[C@](C)(O1)[C@@H](O)[C@@H](OC(C)=O)[C@H]1[C@](C)(CO)CC[C@@H](OC(C)=O)[C@@]12C. The molecule has 10 atom stereocenters. The van der Waals surface area contributed by atoms with Crippen molar-refractivity contribution in [2.45, 2.75) is 103 Å². The van der Waals surface area contributed by atoms with Gasteiger partial charge in [-0.15, -0.1) is 6.58 Å². The summed E-state index contributed by atoms with van der Waals surface area (Å²) in [6.07, 6.45) is -0.998. The Morgan fingerprint density at radius 3 is 2.06 bits per heavy atom. The van der Waals surface area contributed by atoms with Gasteiger partial charge in [0, 0.05) is 51.0 Å². The first-order valence-electron chi connectivity index (χ1n) is 12.2. The van der Waals surface area contributed by atoms with Crippen molar-refractivity contribution in [3.05, 3.63) is 12.7 Å². The van der Waals surface area contributed by atoms with E-state index in [1.54, 1.807) is 19.9 Å². The van der Waals surface area contributed by atoms with Crippen molar-refractivity contribution in [1.29, 1.82) is 0 Å². The van der Waals surface area contributed by atoms with Gasteiger partial charge in [0.25, 0.3) is 0 Å². The molecule has 1 aliphatic heterocycles. The molecule has 0 bridgehead atoms. The summed E-state index contributed by atoms with van der Waals surface area (Å²) in [6, 6.07) is 0. The highest BCUT2D eigenvalue weighted by Gasteiger charge is 2.75. The molecule has 0 amide bonds. The smallest absolute Gasteiger partial charge is 0.303 e. The molecule has 0 aromatic heterocycles. The van der Waals surface area contributed by atoms with Crippen LogP contribution in [0, 0.1) is 22.7 Å². The fraction of sp³-hybridized carbons (Fsp3) is 0.808. The minimum atomic E-state index is -1.38. The Hall–Kier alpha value is -1.97. The maximum absolute atomic E-state index is 12.2. The largest absolute Gasteiger partial charge is 0.462 e. The normalized spacial score (nSPS) is 47.0. The third kappa shape index (κ3) is 4.40. The van der Waals surface area contributed by atoms with Crippen LogP contribution in [0.3, 0.4) is 0 Å². The fourth-order valence-electron chi connectivity index (χ4n) is 7.62. The zero-order chi connectivity index (χ0) is 26.6. The molecule has 35 heavy (non-hydrogen) atoms. The van der Waals surface area contributed by atoms with Crippen molar-refractivity contribution >= 4 is 17.9 Å². The number of fused-ring (bicyclic) bond motifs is 3. The van der Waals surface area contributed by atoms with E-state index in [1.165, 1.54) is 20.8 Å². The number of aliphatic hydroxyl groups excluding tert-OH is 2. The molecule has 0 radical (unpaired) electrons. The molecule has 3 aliphatic rings. The van der Waals surface area contributed by atoms with Crippen molar-refractivity contribution < 1.29 is 43.5 Å². The van der Waals surface area contributed by atoms with Crippen LogP contribution in [-0.2, 0) is 33.3 Å². The van der Waals surface area contributed by atoms with E-state index in [9.17, 15) is 24.6 Å². The molecule has 3 rings (SSSR count). The summed E-state index contributed by atoms with van der Waals surface area (Å²) in [5, 5.41) is 22.4. The van der Waals surface area contributed by atoms with E-state index in [0.717, 1.165) is 0 Å². The van der Waals surface area contributed by atoms with Crippen molar-refractivity contribution in [3.63, 3.8) is 0 Å². The van der Waals surface area contributed by atoms with Crippen molar-refractivity contribution in [1.82, 2.24) is 0 Å². The monoisotopic (exact) mass is 496 g/mol. The van der Waals surface area contributed by atoms with E-state index in [0.29, 0.717) is 12.8 Å². The third-order valence-corrected chi connectivity index (χ3v) is 8.76. The first kappa shape index (κ1) is 27.6. The van der Waals surface area contributed by atoms with Gasteiger partial charge < -0.3 is 29.2 Å². The van der Waals surface area contributed by atoms with E-state index >= 15 is 0 Å². The predicted molar refractivity (Wildman–Crippen MR) is 125 cm³/mol. The summed E-state index contributed by atoms with van der Waals surface area (Å²) in [4.78, 5) is 36.7. The van der Waals surface area contributed by atoms with E-state index < -0.39 is 76.2 Å². The number of hydrogen-bond acceptors (Lipinski definition) is 9. The van der Waals surface area contributed by atoms with Crippen molar-refractivity contribution in [3.8, 4) is 0 Å². The molecule has 0 aromatic rings. The van der Waals surface area contributed by atoms with Crippen LogP contribution < -0.4 is 0 Å². The second kappa shape index (κ2) is 9.16. The van der Waals surface area contributed by atoms with Gasteiger partial charge in [-0.1, -0.05) is 19.9 Å². The Balaban J connectivity index is 2.34. The van der Waals surface area contributed by atoms with Gasteiger partial charge in [0.05, 0.1) is 5.60 Å². The lowest BCUT2D eigenvalue weighted by Gasteiger charge is -2.70. The number of esters is 3. The van der Waals surface area contributed by atoms with Gasteiger partial charge >= 0.3 is 17.9 Å². The summed E-state index contributed by atoms with van der Waals surface area (Å²) >= 11 is 0. The summed E-state index contributed by atoms with van der Waals surface area (Å²) < 4.78 is 24.1. The molecular weight excluding hydrogens is 456 g/mol. The maximum atomic E-state index is 12.2. The second-order valence-electron chi connectivity index (χ2n) is 11.4. The molecule has 3 fully saturated rings. The van der Waals surface area contributed by atoms with Crippen LogP contribution in [0.2, 0.25) is 0 Å². The highest BCUT2D eigenvalue weighted by Crippen LogP contribution is 2.67. The number of rotatable bonds is 5. The number of hydrogen-bond donors (Lipinski definition) is 2. The average molecular weight is 497 g/mol. The Morgan fingerprint density at radius 1 is 1.00 bits per heavy atom. The van der Waals surface area contributed by atoms with E-state index in [1.807, 2.05) is 13.8 Å². The van der Waals surface area contributed by atoms with Crippen LogP contribution in [0.4, 0.5) is 0 Å². The van der Waals surface area contributed by atoms with E-state index in [-0.39, 0.29) is 13.0 Å². The molecule has 1 saturated heterocycles. The molecule has 2 N–H and O–H groups in total. The zero-order valence-electron chi connectivity index (χ0n) is 21.8. The van der Waals surface area contributed by atoms with Crippen molar-refractivity contribution in [2.24, 2.45) is 22.7 Å². The Morgan fingerprint density at radius 2 is 1.57 bits per heavy atom. The van der Waals surface area contributed by atoms with Crippen LogP contribution in [0.5, 0.6) is 0 Å². The minimum absolute atomic E-state index is 0.239. The molecular formula is C26H40O9. The summed E-state index contributed by atoms with van der Waals surface area (Å²) in [5.74, 6) is -2.85. The standard InChI is InChI=1S/C26H40O9/c1-9-24(6)12-17(32-14(2)28)20-25(7)18(33-15(3)29)10-11-23(5,13-27)21(25)19(34-16(4)30)22(31)26(20,8)35-24/h9,17-22,27,31H,1,10-13H2,2-8H3/t17-,18-,19+,20-,21+,22+,23+,24+,25-,26+/m1/s1. The average Bonchev–Trinajstić information content (AvgIpc) is 2.72. The topological polar surface area (TPSA) is 129 Å². The number of aliphatic hydroxyl groups is 2. The van der Waals surface area contributed by atoms with Gasteiger partial charge in [-0.05, 0) is 32.1 Å². The van der Waals surface area contributed by atoms with Gasteiger partial charge in [-0.2, -0.15) is 0 Å². The van der Waals surface area contributed by atoms with Gasteiger partial charge in [0.1, 0.15) is 30.0 Å². The molecule has 0 unspecified atom stereocenters. The highest BCUT2D eigenvalue weighted by atomic mass is 16.6. The quantitative estimate of drug-likeness (QED) is 0.335. The van der Waals surface area contributed by atoms with Crippen molar-refractivity contribution in [2.75, 3.05) is 6.61 Å². The Kier molecular flexibility index (Phi) is 7.23. The fourth-order valence-corrected chi connectivity index (χ4v) is 7.62. The maximum Gasteiger partial charge on any atom is 0.303 e. The van der Waals surface area contributed by atoms with Crippen LogP contribution in [0.1, 0.15) is 67.7 Å². The summed E-state index contributed by atoms with van der Waals surface area (Å²) in [6.45, 7) is 14.8. The number of carbonyl (C=O) groups is 3. The molecule has 1 heterocycles. The Bertz CT molecular complexity index is 888. The van der Waals surface area contributed by atoms with Crippen LogP contribution in [0.15, 0.2) is 12.7 Å². The molecule has 9 nitrogen and oxygen atoms in total. The Labute approximate surface area is 207 Å². The minimum Gasteiger partial charge on any atom is -0.462 e. The van der Waals surface area contributed by atoms with E-state index in [2.05, 4.69) is 6.58 Å². The van der Waals surface area contributed by atoms with Gasteiger partial charge in [-0.3, -0.25) is 14.4 Å². The lowest BCUT2D eigenvalue weighted by Crippen LogP contribution is -2.79. The lowest BCUT2D eigenvalue weighted by atomic mass is 9.41. The second-order valence-corrected chi connectivity index (χ2v) is 11.4. The highest BCUT2D eigenvalue weighted by molar-refractivity contribution is 5.67. The first-order valence-corrected chi connectivity index (χ1v) is 12.2. The first-order chi connectivity index (χ1) is 16.1. The van der Waals surface area contributed by atoms with Gasteiger partial charge in [-0.25, -0.2) is 0 Å². The predicted octanol–water partition coefficient (Wildman–Crippen LogP) is 2.31. The van der Waals surface area contributed by atoms with Crippen LogP contribution in [-0.4, -0.2) is 70.3 Å². The van der Waals surface area contributed by atoms with E-state index in [4.69, 9.17) is 18.9 Å². The third-order valence-electron chi connectivity index (χ3n) is 8.76. The number of carbonyl (C=O) groups excluding carboxylic acids is 3. The van der Waals surface area contributed by atoms with Gasteiger partial charge in [0.2, 0.25) is 0 Å². The molecule has 2 saturated carbocycles. The number of ether oxygens (including phenoxy) is 4. The van der Waals surface area contributed by atoms with Crippen LogP contribution >= 0.6 is 0 Å². The summed E-state index contributed by atoms with van der Waals surface area (Å²) in [7, 11) is 0. The zero-order valence-corrected chi connectivity index (χ0v) is 21.8. The molecule has 2 aliphatic carbocycles. The molecule has 0 spiro atoms. The molecule has 9 heteroatoms. The molecule has 0 aromatic carbocycles. The van der Waals surface area contributed by atoms with Gasteiger partial charge in [0.15, 0.2) is 0 Å². The summed E-state index contributed by atoms with van der Waals surface area (Å²) in [5.41, 5.74) is -4.12.